The van der Waals surface area contributed by atoms with Gasteiger partial charge in [-0.05, 0) is 55.8 Å². The molecule has 0 spiro atoms. The van der Waals surface area contributed by atoms with Crippen molar-refractivity contribution in [1.82, 2.24) is 5.43 Å². The highest BCUT2D eigenvalue weighted by Gasteiger charge is 2.14. The number of amides is 1. The van der Waals surface area contributed by atoms with Crippen molar-refractivity contribution in [3.63, 3.8) is 0 Å². The van der Waals surface area contributed by atoms with Gasteiger partial charge in [-0.15, -0.1) is 0 Å². The van der Waals surface area contributed by atoms with Gasteiger partial charge in [0.15, 0.2) is 6.10 Å². The van der Waals surface area contributed by atoms with Crippen LogP contribution in [-0.2, 0) is 4.79 Å². The van der Waals surface area contributed by atoms with Crippen LogP contribution in [0.1, 0.15) is 38.7 Å². The van der Waals surface area contributed by atoms with Gasteiger partial charge in [-0.1, -0.05) is 48.4 Å². The number of hydrogen-bond acceptors (Lipinski definition) is 5. The molecule has 2 rings (SSSR count). The lowest BCUT2D eigenvalue weighted by molar-refractivity contribution is -0.127. The van der Waals surface area contributed by atoms with E-state index in [1.54, 1.807) is 25.1 Å². The van der Waals surface area contributed by atoms with Crippen molar-refractivity contribution >= 4 is 28.1 Å². The van der Waals surface area contributed by atoms with E-state index < -0.39 is 6.10 Å². The number of nitrogens with one attached hydrogen (secondary N) is 1. The summed E-state index contributed by atoms with van der Waals surface area (Å²) in [5.74, 6) is 1.65. The zero-order valence-corrected chi connectivity index (χ0v) is 19.6. The van der Waals surface area contributed by atoms with E-state index in [0.29, 0.717) is 24.7 Å². The quantitative estimate of drug-likeness (QED) is 0.175. The molecule has 1 atom stereocenters. The van der Waals surface area contributed by atoms with Gasteiger partial charge in [0.1, 0.15) is 23.9 Å². The molecule has 0 aliphatic heterocycles. The van der Waals surface area contributed by atoms with Crippen molar-refractivity contribution in [3.05, 3.63) is 65.2 Å². The Hall–Kier alpha value is -2.80. The van der Waals surface area contributed by atoms with Gasteiger partial charge >= 0.3 is 0 Å². The highest BCUT2D eigenvalue weighted by atomic mass is 79.9. The highest BCUT2D eigenvalue weighted by Crippen LogP contribution is 2.22. The van der Waals surface area contributed by atoms with E-state index in [1.165, 1.54) is 6.21 Å². The zero-order valence-electron chi connectivity index (χ0n) is 18.0. The lowest BCUT2D eigenvalue weighted by atomic mass is 10.2. The summed E-state index contributed by atoms with van der Waals surface area (Å²) in [5, 5.41) is 4.03. The van der Waals surface area contributed by atoms with Crippen LogP contribution in [0.4, 0.5) is 0 Å². The van der Waals surface area contributed by atoms with E-state index in [9.17, 15) is 4.79 Å². The van der Waals surface area contributed by atoms with Gasteiger partial charge in [-0.3, -0.25) is 4.79 Å². The molecule has 6 nitrogen and oxygen atoms in total. The van der Waals surface area contributed by atoms with Gasteiger partial charge in [0, 0.05) is 10.0 Å². The van der Waals surface area contributed by atoms with Gasteiger partial charge in [0.2, 0.25) is 0 Å². The number of carbonyl (C=O) groups excluding carboxylic acids is 1. The number of nitrogens with zero attached hydrogens (tertiary/aromatic N) is 1. The molecule has 0 saturated heterocycles. The molecule has 0 aromatic heterocycles. The molecule has 1 unspecified atom stereocenters. The molecule has 0 aliphatic rings. The second kappa shape index (κ2) is 13.5. The van der Waals surface area contributed by atoms with Crippen molar-refractivity contribution in [2.75, 3.05) is 13.2 Å². The van der Waals surface area contributed by atoms with Crippen molar-refractivity contribution in [1.29, 1.82) is 0 Å². The Morgan fingerprint density at radius 2 is 1.90 bits per heavy atom. The molecule has 1 N–H and O–H groups in total. The van der Waals surface area contributed by atoms with Crippen molar-refractivity contribution in [3.8, 4) is 17.2 Å². The Balaban J connectivity index is 1.86. The third-order valence-corrected chi connectivity index (χ3v) is 4.72. The van der Waals surface area contributed by atoms with Gasteiger partial charge in [0.25, 0.3) is 5.91 Å². The first-order chi connectivity index (χ1) is 15.0. The van der Waals surface area contributed by atoms with Crippen LogP contribution < -0.4 is 19.6 Å². The Morgan fingerprint density at radius 3 is 2.61 bits per heavy atom. The van der Waals surface area contributed by atoms with Gasteiger partial charge in [-0.2, -0.15) is 5.10 Å². The summed E-state index contributed by atoms with van der Waals surface area (Å²) in [5.41, 5.74) is 3.22. The average Bonchev–Trinajstić information content (AvgIpc) is 2.77. The molecular weight excluding hydrogens is 460 g/mol. The monoisotopic (exact) mass is 488 g/mol. The summed E-state index contributed by atoms with van der Waals surface area (Å²) in [6, 6.07) is 12.8. The molecule has 31 heavy (non-hydrogen) atoms. The topological polar surface area (TPSA) is 69.2 Å². The third kappa shape index (κ3) is 8.84. The van der Waals surface area contributed by atoms with E-state index in [4.69, 9.17) is 14.2 Å². The standard InChI is InChI=1S/C24H29BrN2O4/c1-4-6-7-15-29-21-9-11-22(12-10-21)31-18(3)24(28)27-26-17-19-16-20(25)8-13-23(19)30-14-5-2/h5,8-13,16-18H,2,4,6-7,14-15H2,1,3H3,(H,27,28)/b26-17+. The highest BCUT2D eigenvalue weighted by molar-refractivity contribution is 9.10. The summed E-state index contributed by atoms with van der Waals surface area (Å²) < 4.78 is 17.8. The number of unbranched alkanes of at least 4 members (excludes halogenated alkanes) is 2. The van der Waals surface area contributed by atoms with Crippen LogP contribution in [0.5, 0.6) is 17.2 Å². The molecule has 0 heterocycles. The largest absolute Gasteiger partial charge is 0.494 e. The van der Waals surface area contributed by atoms with Crippen LogP contribution in [0.3, 0.4) is 0 Å². The van der Waals surface area contributed by atoms with Gasteiger partial charge < -0.3 is 14.2 Å². The third-order valence-electron chi connectivity index (χ3n) is 4.23. The Morgan fingerprint density at radius 1 is 1.16 bits per heavy atom. The van der Waals surface area contributed by atoms with E-state index in [0.717, 1.165) is 35.0 Å². The summed E-state index contributed by atoms with van der Waals surface area (Å²) in [6.07, 6.45) is 5.82. The molecule has 166 valence electrons. The van der Waals surface area contributed by atoms with Crippen LogP contribution in [-0.4, -0.2) is 31.4 Å². The van der Waals surface area contributed by atoms with Crippen LogP contribution >= 0.6 is 15.9 Å². The minimum Gasteiger partial charge on any atom is -0.494 e. The Kier molecular flexibility index (Phi) is 10.6. The van der Waals surface area contributed by atoms with Crippen LogP contribution in [0, 0.1) is 0 Å². The maximum absolute atomic E-state index is 12.3. The molecule has 2 aromatic rings. The first kappa shape index (κ1) is 24.5. The number of hydrogen-bond donors (Lipinski definition) is 1. The molecule has 7 heteroatoms. The van der Waals surface area contributed by atoms with Crippen molar-refractivity contribution in [2.24, 2.45) is 5.10 Å². The summed E-state index contributed by atoms with van der Waals surface area (Å²) >= 11 is 3.42. The molecule has 1 amide bonds. The lowest BCUT2D eigenvalue weighted by Gasteiger charge is -2.13. The number of carbonyl (C=O) groups is 1. The van der Waals surface area contributed by atoms with E-state index in [2.05, 4.69) is 40.0 Å². The first-order valence-electron chi connectivity index (χ1n) is 10.3. The fourth-order valence-electron chi connectivity index (χ4n) is 2.57. The van der Waals surface area contributed by atoms with Crippen LogP contribution in [0.15, 0.2) is 64.7 Å². The number of rotatable bonds is 13. The summed E-state index contributed by atoms with van der Waals surface area (Å²) in [4.78, 5) is 12.3. The Bertz CT molecular complexity index is 868. The minimum absolute atomic E-state index is 0.361. The molecular formula is C24H29BrN2O4. The fourth-order valence-corrected chi connectivity index (χ4v) is 2.95. The Labute approximate surface area is 192 Å². The molecule has 0 fully saturated rings. The number of halogens is 1. The maximum Gasteiger partial charge on any atom is 0.280 e. The van der Waals surface area contributed by atoms with E-state index >= 15 is 0 Å². The zero-order chi connectivity index (χ0) is 22.5. The van der Waals surface area contributed by atoms with E-state index in [1.807, 2.05) is 30.3 Å². The smallest absolute Gasteiger partial charge is 0.280 e. The van der Waals surface area contributed by atoms with Crippen LogP contribution in [0.25, 0.3) is 0 Å². The SMILES string of the molecule is C=CCOc1ccc(Br)cc1/C=N/NC(=O)C(C)Oc1ccc(OCCCCC)cc1. The minimum atomic E-state index is -0.715. The predicted octanol–water partition coefficient (Wildman–Crippen LogP) is 5.50. The molecule has 0 radical (unpaired) electrons. The summed E-state index contributed by atoms with van der Waals surface area (Å²) in [6.45, 7) is 8.54. The first-order valence-corrected chi connectivity index (χ1v) is 11.1. The molecule has 0 bridgehead atoms. The normalized spacial score (nSPS) is 11.7. The molecule has 0 aliphatic carbocycles. The van der Waals surface area contributed by atoms with Gasteiger partial charge in [-0.25, -0.2) is 5.43 Å². The fraction of sp³-hybridized carbons (Fsp3) is 0.333. The van der Waals surface area contributed by atoms with Crippen molar-refractivity contribution < 1.29 is 19.0 Å². The predicted molar refractivity (Wildman–Crippen MR) is 127 cm³/mol. The summed E-state index contributed by atoms with van der Waals surface area (Å²) in [7, 11) is 0. The van der Waals surface area contributed by atoms with Crippen molar-refractivity contribution in [2.45, 2.75) is 39.2 Å². The second-order valence-electron chi connectivity index (χ2n) is 6.80. The maximum atomic E-state index is 12.3. The van der Waals surface area contributed by atoms with Crippen LogP contribution in [0.2, 0.25) is 0 Å². The molecule has 2 aromatic carbocycles. The second-order valence-corrected chi connectivity index (χ2v) is 7.72. The van der Waals surface area contributed by atoms with Gasteiger partial charge in [0.05, 0.1) is 12.8 Å². The van der Waals surface area contributed by atoms with E-state index in [-0.39, 0.29) is 5.91 Å². The number of hydrazone groups is 1. The molecule has 0 saturated carbocycles. The lowest BCUT2D eigenvalue weighted by Crippen LogP contribution is -2.33. The average molecular weight is 489 g/mol. The number of ether oxygens (including phenoxy) is 3. The number of benzene rings is 2.